The van der Waals surface area contributed by atoms with Crippen LogP contribution in [0.2, 0.25) is 0 Å². The minimum atomic E-state index is -0.188. The van der Waals surface area contributed by atoms with Gasteiger partial charge in [0.15, 0.2) is 0 Å². The third-order valence-corrected chi connectivity index (χ3v) is 4.00. The smallest absolute Gasteiger partial charge is 0.130 e. The van der Waals surface area contributed by atoms with E-state index in [1.54, 1.807) is 6.07 Å². The summed E-state index contributed by atoms with van der Waals surface area (Å²) >= 11 is 0. The van der Waals surface area contributed by atoms with Crippen molar-refractivity contribution in [3.05, 3.63) is 46.5 Å². The highest BCUT2D eigenvalue weighted by atomic mass is 19.1. The van der Waals surface area contributed by atoms with Crippen LogP contribution in [-0.2, 0) is 6.42 Å². The van der Waals surface area contributed by atoms with Crippen LogP contribution in [0.3, 0.4) is 0 Å². The molecule has 1 aromatic heterocycles. The maximum Gasteiger partial charge on any atom is 0.130 e. The molecule has 1 heterocycles. The quantitative estimate of drug-likeness (QED) is 0.905. The van der Waals surface area contributed by atoms with Gasteiger partial charge in [-0.15, -0.1) is 0 Å². The molecular formula is C17H24FN3. The van der Waals surface area contributed by atoms with E-state index in [1.165, 1.54) is 11.6 Å². The summed E-state index contributed by atoms with van der Waals surface area (Å²) in [6, 6.07) is 5.14. The number of benzene rings is 1. The average molecular weight is 289 g/mol. The fraction of sp³-hybridized carbons (Fsp3) is 0.471. The summed E-state index contributed by atoms with van der Waals surface area (Å²) in [7, 11) is 0. The van der Waals surface area contributed by atoms with Gasteiger partial charge in [0.05, 0.1) is 11.4 Å². The summed E-state index contributed by atoms with van der Waals surface area (Å²) in [5, 5.41) is 7.90. The van der Waals surface area contributed by atoms with Gasteiger partial charge in [-0.2, -0.15) is 5.10 Å². The first-order valence-corrected chi connectivity index (χ1v) is 7.58. The van der Waals surface area contributed by atoms with E-state index in [0.717, 1.165) is 30.0 Å². The first-order chi connectivity index (χ1) is 10.0. The molecular weight excluding hydrogens is 265 g/mol. The molecule has 0 aliphatic rings. The maximum absolute atomic E-state index is 14.3. The molecule has 21 heavy (non-hydrogen) atoms. The molecule has 1 aromatic carbocycles. The van der Waals surface area contributed by atoms with Crippen LogP contribution in [0.4, 0.5) is 4.39 Å². The van der Waals surface area contributed by atoms with E-state index in [-0.39, 0.29) is 11.9 Å². The van der Waals surface area contributed by atoms with Crippen LogP contribution < -0.4 is 5.32 Å². The predicted molar refractivity (Wildman–Crippen MR) is 84.5 cm³/mol. The van der Waals surface area contributed by atoms with Crippen molar-refractivity contribution in [2.45, 2.75) is 47.1 Å². The molecule has 3 nitrogen and oxygen atoms in total. The highest BCUT2D eigenvalue weighted by Gasteiger charge is 2.19. The van der Waals surface area contributed by atoms with Gasteiger partial charge in [0.2, 0.25) is 0 Å². The Morgan fingerprint density at radius 1 is 1.29 bits per heavy atom. The largest absolute Gasteiger partial charge is 0.310 e. The molecule has 0 radical (unpaired) electrons. The Morgan fingerprint density at radius 3 is 2.57 bits per heavy atom. The monoisotopic (exact) mass is 289 g/mol. The molecule has 114 valence electrons. The van der Waals surface area contributed by atoms with Crippen LogP contribution in [0, 0.1) is 19.7 Å². The van der Waals surface area contributed by atoms with Gasteiger partial charge in [0.1, 0.15) is 5.82 Å². The average Bonchev–Trinajstić information content (AvgIpc) is 2.73. The van der Waals surface area contributed by atoms with Crippen molar-refractivity contribution < 1.29 is 4.39 Å². The minimum absolute atomic E-state index is 0.0554. The number of halogens is 1. The molecule has 0 aliphatic heterocycles. The lowest BCUT2D eigenvalue weighted by molar-refractivity contribution is 0.536. The zero-order valence-electron chi connectivity index (χ0n) is 13.5. The molecule has 0 aliphatic carbocycles. The van der Waals surface area contributed by atoms with Crippen molar-refractivity contribution in [3.63, 3.8) is 0 Å². The Labute approximate surface area is 126 Å². The van der Waals surface area contributed by atoms with Crippen LogP contribution in [0.25, 0.3) is 5.69 Å². The Bertz CT molecular complexity index is 631. The van der Waals surface area contributed by atoms with E-state index >= 15 is 0 Å². The lowest BCUT2D eigenvalue weighted by atomic mass is 10.0. The molecule has 1 unspecified atom stereocenters. The fourth-order valence-corrected chi connectivity index (χ4v) is 2.97. The molecule has 0 amide bonds. The summed E-state index contributed by atoms with van der Waals surface area (Å²) in [4.78, 5) is 0. The zero-order chi connectivity index (χ0) is 15.6. The molecule has 1 atom stereocenters. The highest BCUT2D eigenvalue weighted by Crippen LogP contribution is 2.27. The molecule has 0 bridgehead atoms. The summed E-state index contributed by atoms with van der Waals surface area (Å²) < 4.78 is 16.2. The number of nitrogens with zero attached hydrogens (tertiary/aromatic N) is 2. The van der Waals surface area contributed by atoms with Gasteiger partial charge in [-0.3, -0.25) is 0 Å². The van der Waals surface area contributed by atoms with E-state index in [9.17, 15) is 4.39 Å². The second-order valence-electron chi connectivity index (χ2n) is 5.37. The third kappa shape index (κ3) is 2.86. The number of aryl methyl sites for hydroxylation is 1. The van der Waals surface area contributed by atoms with Gasteiger partial charge >= 0.3 is 0 Å². The first-order valence-electron chi connectivity index (χ1n) is 7.58. The zero-order valence-corrected chi connectivity index (χ0v) is 13.5. The normalized spacial score (nSPS) is 12.7. The third-order valence-electron chi connectivity index (χ3n) is 4.00. The minimum Gasteiger partial charge on any atom is -0.310 e. The summed E-state index contributed by atoms with van der Waals surface area (Å²) in [6.07, 6.45) is 0.936. The van der Waals surface area contributed by atoms with Crippen molar-refractivity contribution in [2.75, 3.05) is 6.54 Å². The second kappa shape index (κ2) is 6.39. The van der Waals surface area contributed by atoms with Crippen molar-refractivity contribution in [3.8, 4) is 5.69 Å². The van der Waals surface area contributed by atoms with Crippen LogP contribution in [0.5, 0.6) is 0 Å². The van der Waals surface area contributed by atoms with E-state index in [1.807, 2.05) is 38.4 Å². The Morgan fingerprint density at radius 2 is 2.00 bits per heavy atom. The van der Waals surface area contributed by atoms with Crippen molar-refractivity contribution >= 4 is 0 Å². The summed E-state index contributed by atoms with van der Waals surface area (Å²) in [5.74, 6) is -0.188. The van der Waals surface area contributed by atoms with Crippen molar-refractivity contribution in [1.82, 2.24) is 15.1 Å². The molecule has 0 saturated carbocycles. The number of hydrogen-bond acceptors (Lipinski definition) is 2. The number of rotatable bonds is 5. The number of aromatic nitrogens is 2. The van der Waals surface area contributed by atoms with Crippen molar-refractivity contribution in [2.24, 2.45) is 0 Å². The topological polar surface area (TPSA) is 29.9 Å². The molecule has 2 rings (SSSR count). The van der Waals surface area contributed by atoms with Gasteiger partial charge in [-0.25, -0.2) is 9.07 Å². The number of hydrogen-bond donors (Lipinski definition) is 1. The van der Waals surface area contributed by atoms with Gasteiger partial charge in [0, 0.05) is 17.3 Å². The van der Waals surface area contributed by atoms with Crippen molar-refractivity contribution in [1.29, 1.82) is 0 Å². The number of nitrogens with one attached hydrogen (secondary N) is 1. The first kappa shape index (κ1) is 15.7. The molecule has 4 heteroatoms. The van der Waals surface area contributed by atoms with Crippen LogP contribution in [-0.4, -0.2) is 16.3 Å². The fourth-order valence-electron chi connectivity index (χ4n) is 2.97. The summed E-state index contributed by atoms with van der Waals surface area (Å²) in [5.41, 5.74) is 4.84. The molecule has 0 spiro atoms. The van der Waals surface area contributed by atoms with Gasteiger partial charge < -0.3 is 5.32 Å². The molecule has 0 saturated heterocycles. The van der Waals surface area contributed by atoms with Gasteiger partial charge in [-0.1, -0.05) is 19.9 Å². The standard InChI is InChI=1S/C17H24FN3/c1-6-14-11(3)20-21(13(14)5)16-10-8-9-15(18)17(16)12(4)19-7-2/h8-10,12,19H,6-7H2,1-5H3. The van der Waals surface area contributed by atoms with Gasteiger partial charge in [0.25, 0.3) is 0 Å². The van der Waals surface area contributed by atoms with E-state index in [2.05, 4.69) is 17.3 Å². The van der Waals surface area contributed by atoms with Gasteiger partial charge in [-0.05, 0) is 51.4 Å². The SMILES string of the molecule is CCNC(C)c1c(F)cccc1-n1nc(C)c(CC)c1C. The molecule has 2 aromatic rings. The second-order valence-corrected chi connectivity index (χ2v) is 5.37. The lowest BCUT2D eigenvalue weighted by Crippen LogP contribution is -2.21. The highest BCUT2D eigenvalue weighted by molar-refractivity contribution is 5.46. The Hall–Kier alpha value is -1.68. The Kier molecular flexibility index (Phi) is 4.78. The predicted octanol–water partition coefficient (Wildman–Crippen LogP) is 3.86. The van der Waals surface area contributed by atoms with Crippen LogP contribution >= 0.6 is 0 Å². The van der Waals surface area contributed by atoms with Crippen LogP contribution in [0.1, 0.15) is 49.3 Å². The van der Waals surface area contributed by atoms with E-state index in [0.29, 0.717) is 5.56 Å². The summed E-state index contributed by atoms with van der Waals surface area (Å²) in [6.45, 7) is 11.0. The molecule has 1 N–H and O–H groups in total. The van der Waals surface area contributed by atoms with E-state index in [4.69, 9.17) is 0 Å². The Balaban J connectivity index is 2.62. The maximum atomic E-state index is 14.3. The van der Waals surface area contributed by atoms with Crippen LogP contribution in [0.15, 0.2) is 18.2 Å². The van der Waals surface area contributed by atoms with E-state index < -0.39 is 0 Å². The molecule has 0 fully saturated rings. The lowest BCUT2D eigenvalue weighted by Gasteiger charge is -2.19.